The van der Waals surface area contributed by atoms with Crippen LogP contribution < -0.4 is 10.1 Å². The first kappa shape index (κ1) is 22.6. The van der Waals surface area contributed by atoms with E-state index in [4.69, 9.17) is 18.1 Å². The van der Waals surface area contributed by atoms with Crippen molar-refractivity contribution in [1.82, 2.24) is 0 Å². The molecule has 0 heterocycles. The molecule has 0 amide bonds. The lowest BCUT2D eigenvalue weighted by Crippen LogP contribution is -2.37. The Morgan fingerprint density at radius 2 is 1.16 bits per heavy atom. The maximum absolute atomic E-state index is 12.6. The van der Waals surface area contributed by atoms with Gasteiger partial charge in [-0.3, -0.25) is 9.13 Å². The minimum atomic E-state index is -3.35. The van der Waals surface area contributed by atoms with E-state index in [1.165, 1.54) is 33.6 Å². The third kappa shape index (κ3) is 6.33. The van der Waals surface area contributed by atoms with Gasteiger partial charge in [-0.1, -0.05) is 37.0 Å². The van der Waals surface area contributed by atoms with Gasteiger partial charge in [0.05, 0.1) is 8.07 Å². The Kier molecular flexibility index (Phi) is 8.09. The van der Waals surface area contributed by atoms with E-state index in [0.29, 0.717) is 0 Å². The third-order valence-corrected chi connectivity index (χ3v) is 9.57. The first-order chi connectivity index (χ1) is 11.5. The second-order valence-electron chi connectivity index (χ2n) is 6.57. The maximum Gasteiger partial charge on any atom is 0.349 e. The Bertz CT molecular complexity index is 602. The first-order valence-electron chi connectivity index (χ1n) is 7.79. The lowest BCUT2D eigenvalue weighted by molar-refractivity contribution is 0.270. The van der Waals surface area contributed by atoms with Crippen LogP contribution >= 0.6 is 15.2 Å². The van der Waals surface area contributed by atoms with Gasteiger partial charge in [-0.05, 0) is 12.1 Å². The number of nitrogens with zero attached hydrogens (tertiary/aromatic N) is 1. The second kappa shape index (κ2) is 8.96. The highest BCUT2D eigenvalue weighted by Gasteiger charge is 2.32. The van der Waals surface area contributed by atoms with Gasteiger partial charge in [0, 0.05) is 34.1 Å². The topological polar surface area (TPSA) is 74.3 Å². The van der Waals surface area contributed by atoms with Crippen LogP contribution in [0.2, 0.25) is 19.6 Å². The van der Waals surface area contributed by atoms with E-state index >= 15 is 0 Å². The van der Waals surface area contributed by atoms with E-state index in [1.807, 2.05) is 24.3 Å². The average molecular weight is 409 g/mol. The van der Waals surface area contributed by atoms with E-state index in [0.717, 1.165) is 5.69 Å². The molecule has 1 aromatic rings. The van der Waals surface area contributed by atoms with Crippen LogP contribution in [0.15, 0.2) is 24.3 Å². The number of hydrogen-bond acceptors (Lipinski definition) is 7. The first-order valence-corrected chi connectivity index (χ1v) is 14.7. The number of rotatable bonds is 10. The number of anilines is 1. The van der Waals surface area contributed by atoms with Crippen LogP contribution in [0.1, 0.15) is 0 Å². The maximum atomic E-state index is 12.6. The van der Waals surface area contributed by atoms with Crippen molar-refractivity contribution in [2.45, 2.75) is 19.6 Å². The fourth-order valence-electron chi connectivity index (χ4n) is 2.18. The van der Waals surface area contributed by atoms with Crippen molar-refractivity contribution in [3.63, 3.8) is 0 Å². The molecule has 0 radical (unpaired) electrons. The van der Waals surface area contributed by atoms with Crippen LogP contribution in [0, 0.1) is 0 Å². The quantitative estimate of drug-likeness (QED) is 0.428. The van der Waals surface area contributed by atoms with Gasteiger partial charge in [0.25, 0.3) is 0 Å². The molecular weight excluding hydrogens is 380 g/mol. The molecule has 0 N–H and O–H groups in total. The van der Waals surface area contributed by atoms with Crippen molar-refractivity contribution in [3.05, 3.63) is 24.3 Å². The summed E-state index contributed by atoms with van der Waals surface area (Å²) < 4.78 is 45.2. The van der Waals surface area contributed by atoms with Crippen molar-refractivity contribution in [2.24, 2.45) is 0 Å². The predicted octanol–water partition coefficient (Wildman–Crippen LogP) is 3.93. The molecular formula is C15H29NO6P2Si. The normalized spacial score (nSPS) is 13.1. The van der Waals surface area contributed by atoms with E-state index in [1.54, 1.807) is 4.90 Å². The molecule has 0 aliphatic heterocycles. The lowest BCUT2D eigenvalue weighted by Gasteiger charge is -2.30. The summed E-state index contributed by atoms with van der Waals surface area (Å²) in [5, 5.41) is 1.29. The van der Waals surface area contributed by atoms with E-state index < -0.39 is 23.3 Å². The molecule has 1 aromatic carbocycles. The van der Waals surface area contributed by atoms with Crippen molar-refractivity contribution >= 4 is 34.1 Å². The minimum absolute atomic E-state index is 0.0665. The molecule has 0 fully saturated rings. The van der Waals surface area contributed by atoms with Gasteiger partial charge in [-0.25, -0.2) is 0 Å². The van der Waals surface area contributed by atoms with Gasteiger partial charge in [-0.15, -0.1) is 0 Å². The molecule has 0 saturated carbocycles. The summed E-state index contributed by atoms with van der Waals surface area (Å²) in [4.78, 5) is 1.65. The summed E-state index contributed by atoms with van der Waals surface area (Å²) in [6.07, 6.45) is -0.133. The Balaban J connectivity index is 3.22. The third-order valence-electron chi connectivity index (χ3n) is 3.90. The summed E-state index contributed by atoms with van der Waals surface area (Å²) in [5.41, 5.74) is 0.741. The van der Waals surface area contributed by atoms with Gasteiger partial charge in [0.15, 0.2) is 0 Å². The Labute approximate surface area is 151 Å². The Hall–Kier alpha value is -0.463. The van der Waals surface area contributed by atoms with Crippen molar-refractivity contribution in [1.29, 1.82) is 0 Å². The molecule has 10 heteroatoms. The monoisotopic (exact) mass is 409 g/mol. The summed E-state index contributed by atoms with van der Waals surface area (Å²) in [6.45, 7) is 6.77. The lowest BCUT2D eigenvalue weighted by atomic mass is 10.3. The molecule has 0 unspecified atom stereocenters. The van der Waals surface area contributed by atoms with E-state index in [-0.39, 0.29) is 12.6 Å². The Morgan fingerprint density at radius 1 is 0.800 bits per heavy atom. The zero-order chi connectivity index (χ0) is 19.3. The predicted molar refractivity (Wildman–Crippen MR) is 105 cm³/mol. The zero-order valence-electron chi connectivity index (χ0n) is 16.0. The molecule has 0 aliphatic rings. The highest BCUT2D eigenvalue weighted by atomic mass is 31.2. The van der Waals surface area contributed by atoms with Crippen LogP contribution in [0.5, 0.6) is 0 Å². The molecule has 144 valence electrons. The summed E-state index contributed by atoms with van der Waals surface area (Å²) in [7, 11) is -2.85. The highest BCUT2D eigenvalue weighted by molar-refractivity contribution is 7.55. The molecule has 1 rings (SSSR count). The SMILES string of the molecule is COP(=O)(CN(CP(=O)(OC)OC)c1ccc([Si](C)(C)C)cc1)OC. The van der Waals surface area contributed by atoms with Crippen LogP contribution in [-0.4, -0.2) is 49.1 Å². The van der Waals surface area contributed by atoms with Crippen molar-refractivity contribution in [2.75, 3.05) is 45.9 Å². The van der Waals surface area contributed by atoms with Crippen LogP contribution in [0.25, 0.3) is 0 Å². The minimum Gasteiger partial charge on any atom is -0.348 e. The molecule has 0 bridgehead atoms. The Morgan fingerprint density at radius 3 is 1.44 bits per heavy atom. The molecule has 7 nitrogen and oxygen atoms in total. The molecule has 0 aromatic heterocycles. The number of benzene rings is 1. The smallest absolute Gasteiger partial charge is 0.348 e. The summed E-state index contributed by atoms with van der Waals surface area (Å²) >= 11 is 0. The van der Waals surface area contributed by atoms with E-state index in [9.17, 15) is 9.13 Å². The van der Waals surface area contributed by atoms with Gasteiger partial charge >= 0.3 is 15.2 Å². The number of hydrogen-bond donors (Lipinski definition) is 0. The largest absolute Gasteiger partial charge is 0.349 e. The summed E-state index contributed by atoms with van der Waals surface area (Å²) in [5.74, 6) is 0. The average Bonchev–Trinajstić information content (AvgIpc) is 2.60. The van der Waals surface area contributed by atoms with Crippen LogP contribution in [-0.2, 0) is 27.2 Å². The van der Waals surface area contributed by atoms with E-state index in [2.05, 4.69) is 19.6 Å². The molecule has 25 heavy (non-hydrogen) atoms. The van der Waals surface area contributed by atoms with Crippen molar-refractivity contribution in [3.8, 4) is 0 Å². The fourth-order valence-corrected chi connectivity index (χ4v) is 5.63. The fraction of sp³-hybridized carbons (Fsp3) is 0.600. The van der Waals surface area contributed by atoms with Gasteiger partial charge in [0.2, 0.25) is 0 Å². The molecule has 0 aliphatic carbocycles. The summed E-state index contributed by atoms with van der Waals surface area (Å²) in [6, 6.07) is 7.92. The highest BCUT2D eigenvalue weighted by Crippen LogP contribution is 2.52. The van der Waals surface area contributed by atoms with Crippen LogP contribution in [0.4, 0.5) is 5.69 Å². The molecule has 0 atom stereocenters. The van der Waals surface area contributed by atoms with Gasteiger partial charge < -0.3 is 23.0 Å². The second-order valence-corrected chi connectivity index (χ2v) is 16.1. The van der Waals surface area contributed by atoms with Crippen LogP contribution in [0.3, 0.4) is 0 Å². The van der Waals surface area contributed by atoms with Crippen molar-refractivity contribution < 1.29 is 27.2 Å². The zero-order valence-corrected chi connectivity index (χ0v) is 18.8. The van der Waals surface area contributed by atoms with Gasteiger partial charge in [0.1, 0.15) is 12.6 Å². The standard InChI is InChI=1S/C15H29NO6P2Si/c1-19-23(17,20-2)12-16(13-24(18,21-3)22-4)14-8-10-15(11-9-14)25(5,6)7/h8-11H,12-13H2,1-7H3. The molecule has 0 saturated heterocycles. The molecule has 0 spiro atoms. The van der Waals surface area contributed by atoms with Gasteiger partial charge in [-0.2, -0.15) is 0 Å².